The van der Waals surface area contributed by atoms with Crippen molar-refractivity contribution in [3.05, 3.63) is 47.2 Å². The Kier molecular flexibility index (Phi) is 3.57. The maximum absolute atomic E-state index is 5.99. The molecule has 0 N–H and O–H groups in total. The van der Waals surface area contributed by atoms with Gasteiger partial charge in [0.2, 0.25) is 0 Å². The second-order valence-electron chi connectivity index (χ2n) is 4.25. The number of aromatic nitrogens is 4. The molecule has 0 bridgehead atoms. The van der Waals surface area contributed by atoms with Gasteiger partial charge in [-0.2, -0.15) is 0 Å². The zero-order chi connectivity index (χ0) is 13.2. The lowest BCUT2D eigenvalue weighted by Crippen LogP contribution is -2.08. The minimum absolute atomic E-state index is 0.413. The van der Waals surface area contributed by atoms with Gasteiger partial charge in [-0.15, -0.1) is 11.6 Å². The van der Waals surface area contributed by atoms with Crippen molar-refractivity contribution in [1.82, 2.24) is 19.1 Å². The van der Waals surface area contributed by atoms with Gasteiger partial charge in [-0.05, 0) is 18.2 Å². The molecule has 19 heavy (non-hydrogen) atoms. The summed E-state index contributed by atoms with van der Waals surface area (Å²) >= 11 is 9.49. The predicted octanol–water partition coefficient (Wildman–Crippen LogP) is 3.43. The molecule has 0 atom stereocenters. The zero-order valence-corrected chi connectivity index (χ0v) is 12.5. The summed E-state index contributed by atoms with van der Waals surface area (Å²) in [6, 6.07) is 6.07. The Bertz CT molecular complexity index is 690. The summed E-state index contributed by atoms with van der Waals surface area (Å²) in [4.78, 5) is 8.60. The van der Waals surface area contributed by atoms with E-state index in [2.05, 4.69) is 36.5 Å². The first-order chi connectivity index (χ1) is 9.28. The van der Waals surface area contributed by atoms with Crippen molar-refractivity contribution in [2.75, 3.05) is 0 Å². The van der Waals surface area contributed by atoms with E-state index in [0.29, 0.717) is 5.88 Å². The monoisotopic (exact) mass is 338 g/mol. The van der Waals surface area contributed by atoms with Crippen LogP contribution in [0.3, 0.4) is 0 Å². The smallest absolute Gasteiger partial charge is 0.124 e. The molecule has 2 heterocycles. The van der Waals surface area contributed by atoms with Gasteiger partial charge in [0.05, 0.1) is 23.2 Å². The van der Waals surface area contributed by atoms with Crippen molar-refractivity contribution in [2.24, 2.45) is 0 Å². The van der Waals surface area contributed by atoms with E-state index in [1.165, 1.54) is 0 Å². The van der Waals surface area contributed by atoms with Crippen LogP contribution in [0.5, 0.6) is 0 Å². The lowest BCUT2D eigenvalue weighted by atomic mass is 10.3. The summed E-state index contributed by atoms with van der Waals surface area (Å²) in [6.07, 6.45) is 5.55. The Balaban J connectivity index is 1.97. The third kappa shape index (κ3) is 2.53. The van der Waals surface area contributed by atoms with Gasteiger partial charge in [0.15, 0.2) is 0 Å². The third-order valence-corrected chi connectivity index (χ3v) is 3.78. The highest BCUT2D eigenvalue weighted by Crippen LogP contribution is 2.22. The second kappa shape index (κ2) is 5.35. The van der Waals surface area contributed by atoms with E-state index in [1.54, 1.807) is 6.20 Å². The fourth-order valence-electron chi connectivity index (χ4n) is 2.13. The molecule has 0 amide bonds. The largest absolute Gasteiger partial charge is 0.336 e. The van der Waals surface area contributed by atoms with Gasteiger partial charge in [-0.1, -0.05) is 15.9 Å². The maximum Gasteiger partial charge on any atom is 0.124 e. The molecule has 3 rings (SSSR count). The van der Waals surface area contributed by atoms with E-state index in [4.69, 9.17) is 11.6 Å². The zero-order valence-electron chi connectivity index (χ0n) is 10.1. The van der Waals surface area contributed by atoms with Gasteiger partial charge >= 0.3 is 0 Å². The predicted molar refractivity (Wildman–Crippen MR) is 79.2 cm³/mol. The number of benzene rings is 1. The number of rotatable bonds is 4. The number of hydrogen-bond donors (Lipinski definition) is 0. The van der Waals surface area contributed by atoms with Crippen molar-refractivity contribution in [3.8, 4) is 0 Å². The Hall–Kier alpha value is -1.33. The van der Waals surface area contributed by atoms with Crippen molar-refractivity contribution >= 4 is 38.6 Å². The number of alkyl halides is 1. The van der Waals surface area contributed by atoms with E-state index in [1.807, 2.05) is 29.2 Å². The van der Waals surface area contributed by atoms with Crippen LogP contribution >= 0.6 is 27.5 Å². The Morgan fingerprint density at radius 3 is 2.89 bits per heavy atom. The normalized spacial score (nSPS) is 11.3. The van der Waals surface area contributed by atoms with Crippen molar-refractivity contribution in [1.29, 1.82) is 0 Å². The van der Waals surface area contributed by atoms with Crippen LogP contribution in [0.4, 0.5) is 0 Å². The van der Waals surface area contributed by atoms with E-state index in [-0.39, 0.29) is 0 Å². The van der Waals surface area contributed by atoms with Crippen LogP contribution in [0.15, 0.2) is 41.4 Å². The van der Waals surface area contributed by atoms with Gasteiger partial charge in [0.25, 0.3) is 0 Å². The van der Waals surface area contributed by atoms with Crippen molar-refractivity contribution in [3.63, 3.8) is 0 Å². The average molecular weight is 340 g/mol. The number of aryl methyl sites for hydroxylation is 2. The Labute approximate surface area is 124 Å². The van der Waals surface area contributed by atoms with E-state index < -0.39 is 0 Å². The Morgan fingerprint density at radius 2 is 2.16 bits per heavy atom. The van der Waals surface area contributed by atoms with Crippen molar-refractivity contribution < 1.29 is 0 Å². The summed E-state index contributed by atoms with van der Waals surface area (Å²) in [5.41, 5.74) is 2.08. The topological polar surface area (TPSA) is 35.6 Å². The summed E-state index contributed by atoms with van der Waals surface area (Å²) in [5.74, 6) is 1.31. The van der Waals surface area contributed by atoms with E-state index in [9.17, 15) is 0 Å². The van der Waals surface area contributed by atoms with Gasteiger partial charge in [-0.3, -0.25) is 0 Å². The van der Waals surface area contributed by atoms with Gasteiger partial charge < -0.3 is 9.13 Å². The van der Waals surface area contributed by atoms with E-state index in [0.717, 1.165) is 34.4 Å². The summed E-state index contributed by atoms with van der Waals surface area (Å²) in [6.45, 7) is 1.67. The molecular formula is C13H12BrClN4. The number of imidazole rings is 2. The molecular weight excluding hydrogens is 328 g/mol. The summed E-state index contributed by atoms with van der Waals surface area (Å²) in [5, 5.41) is 0. The van der Waals surface area contributed by atoms with Crippen LogP contribution in [0.2, 0.25) is 0 Å². The summed E-state index contributed by atoms with van der Waals surface area (Å²) < 4.78 is 5.25. The van der Waals surface area contributed by atoms with Crippen molar-refractivity contribution in [2.45, 2.75) is 19.0 Å². The molecule has 0 aliphatic rings. The number of halogens is 2. The average Bonchev–Trinajstić information content (AvgIpc) is 3.03. The van der Waals surface area contributed by atoms with Gasteiger partial charge in [0.1, 0.15) is 5.82 Å². The molecule has 0 saturated carbocycles. The highest BCUT2D eigenvalue weighted by atomic mass is 79.9. The fourth-order valence-corrected chi connectivity index (χ4v) is 2.68. The fraction of sp³-hybridized carbons (Fsp3) is 0.231. The molecule has 2 aromatic heterocycles. The quantitative estimate of drug-likeness (QED) is 0.683. The molecule has 4 nitrogen and oxygen atoms in total. The van der Waals surface area contributed by atoms with Crippen LogP contribution in [0.1, 0.15) is 5.82 Å². The number of fused-ring (bicyclic) bond motifs is 1. The molecule has 0 aliphatic heterocycles. The molecule has 0 aliphatic carbocycles. The standard InChI is InChI=1S/C13H12BrClN4/c14-10-1-2-11-12(7-10)19(13(8-15)17-11)6-5-18-4-3-16-9-18/h1-4,7,9H,5-6,8H2. The minimum atomic E-state index is 0.413. The first-order valence-electron chi connectivity index (χ1n) is 5.94. The van der Waals surface area contributed by atoms with Crippen LogP contribution in [0.25, 0.3) is 11.0 Å². The highest BCUT2D eigenvalue weighted by Gasteiger charge is 2.10. The SMILES string of the molecule is ClCc1nc2ccc(Br)cc2n1CCn1ccnc1. The summed E-state index contributed by atoms with van der Waals surface area (Å²) in [7, 11) is 0. The highest BCUT2D eigenvalue weighted by molar-refractivity contribution is 9.10. The first-order valence-corrected chi connectivity index (χ1v) is 7.27. The van der Waals surface area contributed by atoms with Gasteiger partial charge in [-0.25, -0.2) is 9.97 Å². The molecule has 6 heteroatoms. The van der Waals surface area contributed by atoms with Crippen LogP contribution in [-0.2, 0) is 19.0 Å². The third-order valence-electron chi connectivity index (χ3n) is 3.05. The minimum Gasteiger partial charge on any atom is -0.336 e. The van der Waals surface area contributed by atoms with Crippen LogP contribution < -0.4 is 0 Å². The molecule has 0 spiro atoms. The Morgan fingerprint density at radius 1 is 1.26 bits per heavy atom. The molecule has 1 aromatic carbocycles. The van der Waals surface area contributed by atoms with Gasteiger partial charge in [0, 0.05) is 30.0 Å². The number of hydrogen-bond acceptors (Lipinski definition) is 2. The lowest BCUT2D eigenvalue weighted by molar-refractivity contribution is 0.577. The van der Waals surface area contributed by atoms with Crippen LogP contribution in [0, 0.1) is 0 Å². The molecule has 0 unspecified atom stereocenters. The maximum atomic E-state index is 5.99. The lowest BCUT2D eigenvalue weighted by Gasteiger charge is -2.08. The first kappa shape index (κ1) is 12.7. The molecule has 0 fully saturated rings. The molecule has 0 radical (unpaired) electrons. The molecule has 0 saturated heterocycles. The molecule has 98 valence electrons. The van der Waals surface area contributed by atoms with E-state index >= 15 is 0 Å². The molecule has 3 aromatic rings. The second-order valence-corrected chi connectivity index (χ2v) is 5.43. The number of nitrogens with zero attached hydrogens (tertiary/aromatic N) is 4. The van der Waals surface area contributed by atoms with Crippen LogP contribution in [-0.4, -0.2) is 19.1 Å².